The van der Waals surface area contributed by atoms with Gasteiger partial charge in [-0.1, -0.05) is 0 Å². The van der Waals surface area contributed by atoms with Gasteiger partial charge in [0.2, 0.25) is 5.91 Å². The fourth-order valence-electron chi connectivity index (χ4n) is 2.21. The van der Waals surface area contributed by atoms with E-state index in [4.69, 9.17) is 0 Å². The molecule has 1 atom stereocenters. The number of amides is 2. The van der Waals surface area contributed by atoms with E-state index in [0.29, 0.717) is 19.6 Å². The predicted molar refractivity (Wildman–Crippen MR) is 73.5 cm³/mol. The van der Waals surface area contributed by atoms with Crippen LogP contribution in [-0.4, -0.2) is 66.4 Å². The molecule has 7 heteroatoms. The van der Waals surface area contributed by atoms with Gasteiger partial charge in [0.25, 0.3) is 11.5 Å². The van der Waals surface area contributed by atoms with Crippen molar-refractivity contribution in [3.63, 3.8) is 0 Å². The number of hydrogen-bond acceptors (Lipinski definition) is 4. The van der Waals surface area contributed by atoms with Crippen molar-refractivity contribution in [1.82, 2.24) is 20.1 Å². The highest BCUT2D eigenvalue weighted by Crippen LogP contribution is 2.10. The van der Waals surface area contributed by atoms with Gasteiger partial charge in [0.15, 0.2) is 0 Å². The van der Waals surface area contributed by atoms with Gasteiger partial charge in [-0.15, -0.1) is 0 Å². The summed E-state index contributed by atoms with van der Waals surface area (Å²) in [5.41, 5.74) is -0.377. The van der Waals surface area contributed by atoms with Crippen LogP contribution in [0.15, 0.2) is 23.1 Å². The number of carbonyl (C=O) groups is 2. The summed E-state index contributed by atoms with van der Waals surface area (Å²) in [6, 6.07) is 2.49. The Labute approximate surface area is 116 Å². The molecule has 0 radical (unpaired) electrons. The van der Waals surface area contributed by atoms with Crippen molar-refractivity contribution in [2.45, 2.75) is 6.04 Å². The minimum atomic E-state index is -0.578. The Morgan fingerprint density at radius 2 is 2.15 bits per heavy atom. The standard InChI is InChI=1S/C13H18N4O3/c1-16(2)13(20)10-8-14-6-7-17(10)12(19)9-4-3-5-15-11(9)18/h3-5,10,14H,6-8H2,1-2H3,(H,15,18). The molecule has 0 saturated carbocycles. The Morgan fingerprint density at radius 3 is 2.80 bits per heavy atom. The smallest absolute Gasteiger partial charge is 0.260 e. The summed E-state index contributed by atoms with van der Waals surface area (Å²) in [4.78, 5) is 41.7. The summed E-state index contributed by atoms with van der Waals surface area (Å²) in [5.74, 6) is -0.563. The van der Waals surface area contributed by atoms with Gasteiger partial charge in [-0.25, -0.2) is 0 Å². The van der Waals surface area contributed by atoms with Crippen LogP contribution >= 0.6 is 0 Å². The highest BCUT2D eigenvalue weighted by molar-refractivity contribution is 5.97. The fourth-order valence-corrected chi connectivity index (χ4v) is 2.21. The molecule has 20 heavy (non-hydrogen) atoms. The molecule has 1 fully saturated rings. The lowest BCUT2D eigenvalue weighted by molar-refractivity contribution is -0.134. The third-order valence-electron chi connectivity index (χ3n) is 3.28. The van der Waals surface area contributed by atoms with Gasteiger partial charge in [0, 0.05) is 39.9 Å². The minimum Gasteiger partial charge on any atom is -0.347 e. The molecule has 7 nitrogen and oxygen atoms in total. The fraction of sp³-hybridized carbons (Fsp3) is 0.462. The van der Waals surface area contributed by atoms with Crippen LogP contribution in [0.1, 0.15) is 10.4 Å². The van der Waals surface area contributed by atoms with Crippen molar-refractivity contribution >= 4 is 11.8 Å². The number of piperazine rings is 1. The number of rotatable bonds is 2. The molecule has 2 amide bonds. The number of hydrogen-bond donors (Lipinski definition) is 2. The van der Waals surface area contributed by atoms with Crippen molar-refractivity contribution in [2.24, 2.45) is 0 Å². The Balaban J connectivity index is 2.29. The van der Waals surface area contributed by atoms with E-state index in [0.717, 1.165) is 0 Å². The van der Waals surface area contributed by atoms with Gasteiger partial charge in [0.05, 0.1) is 0 Å². The molecule has 1 unspecified atom stereocenters. The molecule has 1 aromatic rings. The number of likely N-dealkylation sites (N-methyl/N-ethyl adjacent to an activating group) is 1. The van der Waals surface area contributed by atoms with Gasteiger partial charge >= 0.3 is 0 Å². The first kappa shape index (κ1) is 14.3. The summed E-state index contributed by atoms with van der Waals surface area (Å²) in [6.45, 7) is 1.40. The van der Waals surface area contributed by atoms with Crippen molar-refractivity contribution in [2.75, 3.05) is 33.7 Å². The lowest BCUT2D eigenvalue weighted by Crippen LogP contribution is -2.59. The summed E-state index contributed by atoms with van der Waals surface area (Å²) < 4.78 is 0. The molecule has 2 heterocycles. The molecule has 108 valence electrons. The minimum absolute atomic E-state index is 0.0611. The number of nitrogens with zero attached hydrogens (tertiary/aromatic N) is 2. The zero-order valence-corrected chi connectivity index (χ0v) is 11.5. The molecule has 0 bridgehead atoms. The topological polar surface area (TPSA) is 85.5 Å². The number of nitrogens with one attached hydrogen (secondary N) is 2. The third kappa shape index (κ3) is 2.72. The van der Waals surface area contributed by atoms with Crippen molar-refractivity contribution in [3.05, 3.63) is 34.2 Å². The van der Waals surface area contributed by atoms with E-state index in [2.05, 4.69) is 10.3 Å². The highest BCUT2D eigenvalue weighted by Gasteiger charge is 2.34. The lowest BCUT2D eigenvalue weighted by Gasteiger charge is -2.36. The van der Waals surface area contributed by atoms with Gasteiger partial charge in [-0.2, -0.15) is 0 Å². The maximum absolute atomic E-state index is 12.5. The molecular formula is C13H18N4O3. The van der Waals surface area contributed by atoms with E-state index in [1.54, 1.807) is 20.2 Å². The first-order valence-corrected chi connectivity index (χ1v) is 6.43. The zero-order chi connectivity index (χ0) is 14.7. The third-order valence-corrected chi connectivity index (χ3v) is 3.28. The largest absolute Gasteiger partial charge is 0.347 e. The average molecular weight is 278 g/mol. The van der Waals surface area contributed by atoms with Gasteiger partial charge in [0.1, 0.15) is 11.6 Å². The summed E-state index contributed by atoms with van der Waals surface area (Å²) >= 11 is 0. The molecule has 1 aliphatic heterocycles. The van der Waals surface area contributed by atoms with Gasteiger partial charge in [-0.05, 0) is 12.1 Å². The normalized spacial score (nSPS) is 18.7. The van der Waals surface area contributed by atoms with E-state index in [1.165, 1.54) is 22.1 Å². The first-order valence-electron chi connectivity index (χ1n) is 6.43. The van der Waals surface area contributed by atoms with Crippen LogP contribution in [-0.2, 0) is 4.79 Å². The Bertz CT molecular complexity index is 567. The van der Waals surface area contributed by atoms with E-state index < -0.39 is 17.5 Å². The molecule has 1 aliphatic rings. The van der Waals surface area contributed by atoms with E-state index in [-0.39, 0.29) is 11.5 Å². The van der Waals surface area contributed by atoms with Crippen LogP contribution in [0, 0.1) is 0 Å². The van der Waals surface area contributed by atoms with Gasteiger partial charge in [-0.3, -0.25) is 14.4 Å². The van der Waals surface area contributed by atoms with Crippen LogP contribution in [0.5, 0.6) is 0 Å². The quantitative estimate of drug-likeness (QED) is 0.717. The van der Waals surface area contributed by atoms with Crippen LogP contribution < -0.4 is 10.9 Å². The van der Waals surface area contributed by atoms with Crippen molar-refractivity contribution in [3.8, 4) is 0 Å². The predicted octanol–water partition coefficient (Wildman–Crippen LogP) is -1.12. The van der Waals surface area contributed by atoms with Crippen molar-refractivity contribution < 1.29 is 9.59 Å². The number of aromatic amines is 1. The highest BCUT2D eigenvalue weighted by atomic mass is 16.2. The Kier molecular flexibility index (Phi) is 4.19. The Morgan fingerprint density at radius 1 is 1.40 bits per heavy atom. The molecule has 1 saturated heterocycles. The summed E-state index contributed by atoms with van der Waals surface area (Å²) in [5, 5.41) is 3.09. The van der Waals surface area contributed by atoms with Gasteiger partial charge < -0.3 is 20.1 Å². The Hall–Kier alpha value is -2.15. The monoisotopic (exact) mass is 278 g/mol. The summed E-state index contributed by atoms with van der Waals surface area (Å²) in [7, 11) is 3.30. The second-order valence-electron chi connectivity index (χ2n) is 4.86. The number of aromatic nitrogens is 1. The SMILES string of the molecule is CN(C)C(=O)C1CNCCN1C(=O)c1ccc[nH]c1=O. The lowest BCUT2D eigenvalue weighted by atomic mass is 10.1. The molecule has 0 aliphatic carbocycles. The van der Waals surface area contributed by atoms with Crippen LogP contribution in [0.2, 0.25) is 0 Å². The second-order valence-corrected chi connectivity index (χ2v) is 4.86. The molecular weight excluding hydrogens is 260 g/mol. The summed E-state index contributed by atoms with van der Waals surface area (Å²) in [6.07, 6.45) is 1.47. The maximum atomic E-state index is 12.5. The van der Waals surface area contributed by atoms with Crippen LogP contribution in [0.25, 0.3) is 0 Å². The zero-order valence-electron chi connectivity index (χ0n) is 11.5. The molecule has 1 aromatic heterocycles. The van der Waals surface area contributed by atoms with E-state index >= 15 is 0 Å². The number of carbonyl (C=O) groups excluding carboxylic acids is 2. The first-order chi connectivity index (χ1) is 9.52. The maximum Gasteiger partial charge on any atom is 0.260 e. The van der Waals surface area contributed by atoms with Crippen LogP contribution in [0.4, 0.5) is 0 Å². The molecule has 2 rings (SSSR count). The molecule has 0 spiro atoms. The molecule has 0 aromatic carbocycles. The van der Waals surface area contributed by atoms with Crippen LogP contribution in [0.3, 0.4) is 0 Å². The van der Waals surface area contributed by atoms with Crippen molar-refractivity contribution in [1.29, 1.82) is 0 Å². The van der Waals surface area contributed by atoms with E-state index in [9.17, 15) is 14.4 Å². The second kappa shape index (κ2) is 5.87. The van der Waals surface area contributed by atoms with E-state index in [1.807, 2.05) is 0 Å². The number of pyridine rings is 1. The average Bonchev–Trinajstić information content (AvgIpc) is 2.46. The molecule has 2 N–H and O–H groups in total. The number of H-pyrrole nitrogens is 1.